The fourth-order valence-electron chi connectivity index (χ4n) is 6.85. The van der Waals surface area contributed by atoms with Crippen molar-refractivity contribution in [1.82, 2.24) is 4.98 Å². The summed E-state index contributed by atoms with van der Waals surface area (Å²) in [4.78, 5) is 5.15. The Morgan fingerprint density at radius 2 is 0.654 bits per heavy atom. The van der Waals surface area contributed by atoms with E-state index in [0.29, 0.717) is 10.6 Å². The van der Waals surface area contributed by atoms with E-state index in [2.05, 4.69) is 36.4 Å². The van der Waals surface area contributed by atoms with E-state index < -0.39 is 14.3 Å². The van der Waals surface area contributed by atoms with Gasteiger partial charge in [0, 0.05) is 43.0 Å². The summed E-state index contributed by atoms with van der Waals surface area (Å²) in [7, 11) is -6.86. The van der Waals surface area contributed by atoms with Crippen LogP contribution in [-0.2, 0) is 9.13 Å². The van der Waals surface area contributed by atoms with Gasteiger partial charge < -0.3 is 9.13 Å². The van der Waals surface area contributed by atoms with Crippen molar-refractivity contribution >= 4 is 46.1 Å². The van der Waals surface area contributed by atoms with Crippen molar-refractivity contribution in [1.29, 1.82) is 0 Å². The molecule has 0 bridgehead atoms. The molecule has 5 heteroatoms. The Balaban J connectivity index is 1.48. The molecule has 52 heavy (non-hydrogen) atoms. The summed E-state index contributed by atoms with van der Waals surface area (Å²) in [5.74, 6) is 0. The molecule has 0 atom stereocenters. The van der Waals surface area contributed by atoms with Crippen molar-refractivity contribution in [3.05, 3.63) is 212 Å². The average Bonchev–Trinajstić information content (AvgIpc) is 3.24. The molecule has 3 nitrogen and oxygen atoms in total. The zero-order valence-electron chi connectivity index (χ0n) is 28.4. The van der Waals surface area contributed by atoms with Crippen LogP contribution < -0.4 is 31.8 Å². The SMILES string of the molecule is O=P(c1ccccc1)(c1ccccc1)c1ccc(P(=O)(c2ccccc2)c2ccccc2)c(-c2cc(-c3ccccc3)nc(-c3ccccc3)c2)c1. The highest BCUT2D eigenvalue weighted by molar-refractivity contribution is 7.86. The number of hydrogen-bond acceptors (Lipinski definition) is 3. The summed E-state index contributed by atoms with van der Waals surface area (Å²) in [5.41, 5.74) is 5.09. The van der Waals surface area contributed by atoms with Gasteiger partial charge in [0.15, 0.2) is 14.3 Å². The quantitative estimate of drug-likeness (QED) is 0.141. The van der Waals surface area contributed by atoms with Gasteiger partial charge in [-0.25, -0.2) is 4.98 Å². The van der Waals surface area contributed by atoms with Gasteiger partial charge in [0.25, 0.3) is 0 Å². The van der Waals surface area contributed by atoms with Crippen molar-refractivity contribution in [3.8, 4) is 33.6 Å². The monoisotopic (exact) mass is 707 g/mol. The van der Waals surface area contributed by atoms with Crippen molar-refractivity contribution < 1.29 is 9.13 Å². The van der Waals surface area contributed by atoms with E-state index in [1.807, 2.05) is 176 Å². The Kier molecular flexibility index (Phi) is 9.23. The number of benzene rings is 7. The molecule has 0 aliphatic heterocycles. The van der Waals surface area contributed by atoms with Gasteiger partial charge in [-0.3, -0.25) is 0 Å². The van der Waals surface area contributed by atoms with Gasteiger partial charge in [0.2, 0.25) is 0 Å². The predicted molar refractivity (Wildman–Crippen MR) is 219 cm³/mol. The van der Waals surface area contributed by atoms with Crippen molar-refractivity contribution in [2.24, 2.45) is 0 Å². The normalized spacial score (nSPS) is 11.6. The average molecular weight is 708 g/mol. The Hall–Kier alpha value is -5.85. The number of rotatable bonds is 9. The smallest absolute Gasteiger partial charge is 0.171 e. The molecule has 7 aromatic carbocycles. The van der Waals surface area contributed by atoms with Crippen molar-refractivity contribution in [2.45, 2.75) is 0 Å². The van der Waals surface area contributed by atoms with Crippen LogP contribution >= 0.6 is 14.3 Å². The highest BCUT2D eigenvalue weighted by Gasteiger charge is 2.36. The molecule has 0 fully saturated rings. The summed E-state index contributed by atoms with van der Waals surface area (Å²) in [5, 5.41) is 4.26. The lowest BCUT2D eigenvalue weighted by Crippen LogP contribution is -2.30. The van der Waals surface area contributed by atoms with E-state index in [9.17, 15) is 0 Å². The molecule has 0 saturated heterocycles. The first-order chi connectivity index (χ1) is 25.5. The molecule has 0 aliphatic rings. The molecular formula is C47H35NO2P2. The highest BCUT2D eigenvalue weighted by Crippen LogP contribution is 2.48. The summed E-state index contributed by atoms with van der Waals surface area (Å²) in [6.45, 7) is 0. The fraction of sp³-hybridized carbons (Fsp3) is 0. The molecule has 0 N–H and O–H groups in total. The van der Waals surface area contributed by atoms with Gasteiger partial charge in [-0.2, -0.15) is 0 Å². The number of aromatic nitrogens is 1. The number of hydrogen-bond donors (Lipinski definition) is 0. The summed E-state index contributed by atoms with van der Waals surface area (Å²) in [6, 6.07) is 69.0. The van der Waals surface area contributed by atoms with Crippen LogP contribution in [0.1, 0.15) is 0 Å². The molecule has 0 amide bonds. The number of nitrogens with zero attached hydrogens (tertiary/aromatic N) is 1. The number of pyridine rings is 1. The van der Waals surface area contributed by atoms with Crippen molar-refractivity contribution in [2.75, 3.05) is 0 Å². The predicted octanol–water partition coefficient (Wildman–Crippen LogP) is 9.36. The van der Waals surface area contributed by atoms with Crippen LogP contribution in [0, 0.1) is 0 Å². The third kappa shape index (κ3) is 6.20. The molecule has 250 valence electrons. The molecule has 8 aromatic rings. The topological polar surface area (TPSA) is 47.0 Å². The second-order valence-corrected chi connectivity index (χ2v) is 18.1. The molecule has 0 aliphatic carbocycles. The van der Waals surface area contributed by atoms with Crippen LogP contribution in [0.25, 0.3) is 33.6 Å². The van der Waals surface area contributed by atoms with Crippen LogP contribution in [0.3, 0.4) is 0 Å². The minimum absolute atomic E-state index is 0.663. The molecule has 0 radical (unpaired) electrons. The largest absolute Gasteiger partial charge is 0.309 e. The third-order valence-electron chi connectivity index (χ3n) is 9.44. The molecule has 1 aromatic heterocycles. The lowest BCUT2D eigenvalue weighted by Gasteiger charge is -2.26. The minimum atomic E-state index is -3.48. The van der Waals surface area contributed by atoms with Crippen LogP contribution in [0.5, 0.6) is 0 Å². The van der Waals surface area contributed by atoms with E-state index in [-0.39, 0.29) is 0 Å². The molecule has 0 unspecified atom stereocenters. The maximum absolute atomic E-state index is 16.1. The standard InChI is InChI=1S/C47H35NO2P2/c49-51(39-23-11-3-12-24-39,40-25-13-4-14-26-40)43-31-32-47(52(50,41-27-15-5-16-28-41)42-29-17-6-18-30-42)44(35-43)38-33-45(36-19-7-1-8-20-36)48-46(34-38)37-21-9-2-10-22-37/h1-35H. The zero-order valence-corrected chi connectivity index (χ0v) is 30.2. The van der Waals surface area contributed by atoms with Crippen LogP contribution in [-0.4, -0.2) is 4.98 Å². The van der Waals surface area contributed by atoms with E-state index in [1.54, 1.807) is 0 Å². The molecule has 0 spiro atoms. The van der Waals surface area contributed by atoms with Crippen LogP contribution in [0.15, 0.2) is 212 Å². The lowest BCUT2D eigenvalue weighted by molar-refractivity contribution is 0.591. The second-order valence-electron chi connectivity index (χ2n) is 12.6. The van der Waals surface area contributed by atoms with Gasteiger partial charge in [0.1, 0.15) is 0 Å². The zero-order chi connectivity index (χ0) is 35.4. The van der Waals surface area contributed by atoms with E-state index in [4.69, 9.17) is 4.98 Å². The molecule has 1 heterocycles. The third-order valence-corrected chi connectivity index (χ3v) is 15.6. The Morgan fingerprint density at radius 1 is 0.308 bits per heavy atom. The summed E-state index contributed by atoms with van der Waals surface area (Å²) >= 11 is 0. The fourth-order valence-corrected chi connectivity index (χ4v) is 12.4. The minimum Gasteiger partial charge on any atom is -0.309 e. The summed E-state index contributed by atoms with van der Waals surface area (Å²) < 4.78 is 31.9. The first-order valence-electron chi connectivity index (χ1n) is 17.3. The maximum atomic E-state index is 16.1. The first kappa shape index (κ1) is 33.3. The first-order valence-corrected chi connectivity index (χ1v) is 20.7. The Labute approximate surface area is 305 Å². The van der Waals surface area contributed by atoms with Crippen LogP contribution in [0.2, 0.25) is 0 Å². The Bertz CT molecular complexity index is 2400. The van der Waals surface area contributed by atoms with Gasteiger partial charge >= 0.3 is 0 Å². The molecular weight excluding hydrogens is 672 g/mol. The maximum Gasteiger partial charge on any atom is 0.171 e. The van der Waals surface area contributed by atoms with Gasteiger partial charge in [-0.15, -0.1) is 0 Å². The highest BCUT2D eigenvalue weighted by atomic mass is 31.2. The summed E-state index contributed by atoms with van der Waals surface area (Å²) in [6.07, 6.45) is 0. The molecule has 0 saturated carbocycles. The van der Waals surface area contributed by atoms with Gasteiger partial charge in [-0.05, 0) is 35.4 Å². The second kappa shape index (κ2) is 14.4. The van der Waals surface area contributed by atoms with E-state index >= 15 is 9.13 Å². The van der Waals surface area contributed by atoms with Crippen molar-refractivity contribution in [3.63, 3.8) is 0 Å². The van der Waals surface area contributed by atoms with E-state index in [0.717, 1.165) is 54.9 Å². The van der Waals surface area contributed by atoms with Gasteiger partial charge in [0.05, 0.1) is 11.4 Å². The van der Waals surface area contributed by atoms with E-state index in [1.165, 1.54) is 0 Å². The van der Waals surface area contributed by atoms with Gasteiger partial charge in [-0.1, -0.05) is 188 Å². The lowest BCUT2D eigenvalue weighted by atomic mass is 10.00. The molecule has 8 rings (SSSR count). The van der Waals surface area contributed by atoms with Crippen LogP contribution in [0.4, 0.5) is 0 Å². The Morgan fingerprint density at radius 3 is 1.04 bits per heavy atom.